The molecule has 3 atom stereocenters. The Morgan fingerprint density at radius 3 is 2.93 bits per heavy atom. The number of hydrogen-bond acceptors (Lipinski definition) is 2. The van der Waals surface area contributed by atoms with Gasteiger partial charge >= 0.3 is 0 Å². The highest BCUT2D eigenvalue weighted by atomic mass is 15.1. The van der Waals surface area contributed by atoms with Crippen molar-refractivity contribution in [2.45, 2.75) is 44.2 Å². The smallest absolute Gasteiger partial charge is 0.0596 e. The monoisotopic (exact) mass is 206 g/mol. The lowest BCUT2D eigenvalue weighted by atomic mass is 9.85. The van der Waals surface area contributed by atoms with E-state index in [1.165, 1.54) is 32.1 Å². The lowest BCUT2D eigenvalue weighted by Gasteiger charge is -2.24. The first kappa shape index (κ1) is 11.0. The largest absolute Gasteiger partial charge is 0.310 e. The summed E-state index contributed by atoms with van der Waals surface area (Å²) in [6.07, 6.45) is 12.4. The third-order valence-corrected chi connectivity index (χ3v) is 3.84. The Hall–Kier alpha value is -0.520. The topological polar surface area (TPSA) is 15.3 Å². The molecule has 1 saturated heterocycles. The summed E-state index contributed by atoms with van der Waals surface area (Å²) in [5.41, 5.74) is 0. The van der Waals surface area contributed by atoms with E-state index >= 15 is 0 Å². The van der Waals surface area contributed by atoms with Gasteiger partial charge in [-0.25, -0.2) is 0 Å². The third kappa shape index (κ3) is 2.74. The predicted octanol–water partition coefficient (Wildman–Crippen LogP) is 1.47. The lowest BCUT2D eigenvalue weighted by molar-refractivity contribution is 0.321. The maximum absolute atomic E-state index is 5.31. The van der Waals surface area contributed by atoms with Gasteiger partial charge in [0, 0.05) is 18.6 Å². The van der Waals surface area contributed by atoms with E-state index in [0.29, 0.717) is 6.04 Å². The number of nitrogens with one attached hydrogen (secondary N) is 1. The second-order valence-corrected chi connectivity index (χ2v) is 5.15. The molecule has 2 nitrogen and oxygen atoms in total. The first-order valence-electron chi connectivity index (χ1n) is 6.17. The molecule has 0 aromatic heterocycles. The number of likely N-dealkylation sites (N-methyl/N-ethyl adjacent to an activating group) is 1. The second kappa shape index (κ2) is 5.01. The molecule has 2 rings (SSSR count). The molecule has 0 radical (unpaired) electrons. The molecule has 0 aromatic carbocycles. The molecule has 2 aliphatic rings. The summed E-state index contributed by atoms with van der Waals surface area (Å²) in [7, 11) is 2.11. The SMILES string of the molecule is C#CCN(C)CC1CC2CCCCC2N1. The normalized spacial score (nSPS) is 35.1. The molecule has 0 aromatic rings. The van der Waals surface area contributed by atoms with Crippen LogP contribution in [0.4, 0.5) is 0 Å². The summed E-state index contributed by atoms with van der Waals surface area (Å²) in [5, 5.41) is 3.77. The summed E-state index contributed by atoms with van der Waals surface area (Å²) in [6, 6.07) is 1.49. The van der Waals surface area contributed by atoms with Gasteiger partial charge in [-0.3, -0.25) is 4.90 Å². The highest BCUT2D eigenvalue weighted by molar-refractivity contribution is 4.95. The van der Waals surface area contributed by atoms with Crippen LogP contribution in [-0.2, 0) is 0 Å². The minimum atomic E-state index is 0.677. The maximum Gasteiger partial charge on any atom is 0.0596 e. The van der Waals surface area contributed by atoms with Crippen molar-refractivity contribution in [2.24, 2.45) is 5.92 Å². The van der Waals surface area contributed by atoms with Crippen molar-refractivity contribution in [2.75, 3.05) is 20.1 Å². The van der Waals surface area contributed by atoms with Crippen LogP contribution in [0.25, 0.3) is 0 Å². The predicted molar refractivity (Wildman–Crippen MR) is 63.6 cm³/mol. The van der Waals surface area contributed by atoms with Gasteiger partial charge in [0.2, 0.25) is 0 Å². The Labute approximate surface area is 93.4 Å². The van der Waals surface area contributed by atoms with E-state index in [-0.39, 0.29) is 0 Å². The Morgan fingerprint density at radius 2 is 2.20 bits per heavy atom. The van der Waals surface area contributed by atoms with Crippen LogP contribution in [-0.4, -0.2) is 37.1 Å². The van der Waals surface area contributed by atoms with E-state index in [9.17, 15) is 0 Å². The summed E-state index contributed by atoms with van der Waals surface area (Å²) in [4.78, 5) is 2.25. The molecule has 0 bridgehead atoms. The van der Waals surface area contributed by atoms with Crippen LogP contribution in [0.3, 0.4) is 0 Å². The van der Waals surface area contributed by atoms with Crippen LogP contribution in [0.15, 0.2) is 0 Å². The fourth-order valence-electron chi connectivity index (χ4n) is 3.17. The Morgan fingerprint density at radius 1 is 1.40 bits per heavy atom. The number of hydrogen-bond donors (Lipinski definition) is 1. The molecule has 15 heavy (non-hydrogen) atoms. The minimum absolute atomic E-state index is 0.677. The molecule has 0 spiro atoms. The minimum Gasteiger partial charge on any atom is -0.310 e. The molecule has 3 unspecified atom stereocenters. The molecular weight excluding hydrogens is 184 g/mol. The van der Waals surface area contributed by atoms with Gasteiger partial charge in [0.25, 0.3) is 0 Å². The molecule has 84 valence electrons. The van der Waals surface area contributed by atoms with E-state index in [1.54, 1.807) is 0 Å². The Balaban J connectivity index is 1.79. The quantitative estimate of drug-likeness (QED) is 0.704. The third-order valence-electron chi connectivity index (χ3n) is 3.84. The first-order valence-corrected chi connectivity index (χ1v) is 6.17. The van der Waals surface area contributed by atoms with Gasteiger partial charge in [-0.15, -0.1) is 6.42 Å². The number of fused-ring (bicyclic) bond motifs is 1. The van der Waals surface area contributed by atoms with Crippen molar-refractivity contribution >= 4 is 0 Å². The number of rotatable bonds is 3. The van der Waals surface area contributed by atoms with Gasteiger partial charge < -0.3 is 5.32 Å². The molecule has 1 saturated carbocycles. The molecular formula is C13H22N2. The van der Waals surface area contributed by atoms with Crippen LogP contribution in [0.2, 0.25) is 0 Å². The summed E-state index contributed by atoms with van der Waals surface area (Å²) in [5.74, 6) is 3.65. The fraction of sp³-hybridized carbons (Fsp3) is 0.846. The van der Waals surface area contributed by atoms with Gasteiger partial charge in [-0.2, -0.15) is 0 Å². The van der Waals surface area contributed by atoms with Crippen molar-refractivity contribution in [3.63, 3.8) is 0 Å². The highest BCUT2D eigenvalue weighted by Gasteiger charge is 2.34. The van der Waals surface area contributed by atoms with E-state index < -0.39 is 0 Å². The Kier molecular flexibility index (Phi) is 3.66. The van der Waals surface area contributed by atoms with E-state index in [1.807, 2.05) is 0 Å². The van der Waals surface area contributed by atoms with Crippen molar-refractivity contribution < 1.29 is 0 Å². The lowest BCUT2D eigenvalue weighted by Crippen LogP contribution is -2.39. The fourth-order valence-corrected chi connectivity index (χ4v) is 3.17. The zero-order valence-corrected chi connectivity index (χ0v) is 9.71. The van der Waals surface area contributed by atoms with Crippen molar-refractivity contribution in [1.29, 1.82) is 0 Å². The summed E-state index contributed by atoms with van der Waals surface area (Å²) >= 11 is 0. The van der Waals surface area contributed by atoms with E-state index in [2.05, 4.69) is 23.2 Å². The van der Waals surface area contributed by atoms with E-state index in [0.717, 1.165) is 25.0 Å². The average molecular weight is 206 g/mol. The molecule has 1 heterocycles. The van der Waals surface area contributed by atoms with Gasteiger partial charge in [0.1, 0.15) is 0 Å². The number of terminal acetylenes is 1. The molecule has 2 heteroatoms. The molecule has 1 aliphatic heterocycles. The molecule has 1 N–H and O–H groups in total. The van der Waals surface area contributed by atoms with Gasteiger partial charge in [-0.05, 0) is 32.2 Å². The standard InChI is InChI=1S/C13H22N2/c1-3-8-15(2)10-12-9-11-6-4-5-7-13(11)14-12/h1,11-14H,4-10H2,2H3. The Bertz CT molecular complexity index is 229. The summed E-state index contributed by atoms with van der Waals surface area (Å²) in [6.45, 7) is 1.88. The van der Waals surface area contributed by atoms with Gasteiger partial charge in [-0.1, -0.05) is 18.8 Å². The molecule has 1 aliphatic carbocycles. The van der Waals surface area contributed by atoms with Crippen molar-refractivity contribution in [3.05, 3.63) is 0 Å². The average Bonchev–Trinajstić information content (AvgIpc) is 2.59. The maximum atomic E-state index is 5.31. The van der Waals surface area contributed by atoms with E-state index in [4.69, 9.17) is 6.42 Å². The second-order valence-electron chi connectivity index (χ2n) is 5.15. The molecule has 0 amide bonds. The highest BCUT2D eigenvalue weighted by Crippen LogP contribution is 2.33. The number of nitrogens with zero attached hydrogens (tertiary/aromatic N) is 1. The van der Waals surface area contributed by atoms with Crippen LogP contribution in [0, 0.1) is 18.3 Å². The summed E-state index contributed by atoms with van der Waals surface area (Å²) < 4.78 is 0. The van der Waals surface area contributed by atoms with Crippen LogP contribution in [0.5, 0.6) is 0 Å². The van der Waals surface area contributed by atoms with Crippen molar-refractivity contribution in [1.82, 2.24) is 10.2 Å². The van der Waals surface area contributed by atoms with Gasteiger partial charge in [0.15, 0.2) is 0 Å². The zero-order chi connectivity index (χ0) is 10.7. The van der Waals surface area contributed by atoms with Crippen molar-refractivity contribution in [3.8, 4) is 12.3 Å². The zero-order valence-electron chi connectivity index (χ0n) is 9.71. The van der Waals surface area contributed by atoms with Crippen LogP contribution >= 0.6 is 0 Å². The first-order chi connectivity index (χ1) is 7.29. The van der Waals surface area contributed by atoms with Crippen LogP contribution in [0.1, 0.15) is 32.1 Å². The van der Waals surface area contributed by atoms with Crippen LogP contribution < -0.4 is 5.32 Å². The van der Waals surface area contributed by atoms with Gasteiger partial charge in [0.05, 0.1) is 6.54 Å². The molecule has 2 fully saturated rings.